The SMILES string of the molecule is COC(=O)CCC1CC2CCC1(C)C2(C)C. The van der Waals surface area contributed by atoms with Crippen LogP contribution in [0.3, 0.4) is 0 Å². The van der Waals surface area contributed by atoms with E-state index < -0.39 is 0 Å². The van der Waals surface area contributed by atoms with Gasteiger partial charge in [0.1, 0.15) is 0 Å². The molecule has 0 heterocycles. The molecule has 16 heavy (non-hydrogen) atoms. The van der Waals surface area contributed by atoms with Crippen LogP contribution in [0.25, 0.3) is 0 Å². The third-order valence-electron chi connectivity index (χ3n) is 5.90. The molecular formula is C14H24O2. The molecule has 2 bridgehead atoms. The predicted octanol–water partition coefficient (Wildman–Crippen LogP) is 3.40. The molecule has 0 saturated heterocycles. The Kier molecular flexibility index (Phi) is 2.80. The minimum absolute atomic E-state index is 0.0517. The van der Waals surface area contributed by atoms with Crippen molar-refractivity contribution in [3.8, 4) is 0 Å². The van der Waals surface area contributed by atoms with Crippen LogP contribution in [0, 0.1) is 22.7 Å². The van der Waals surface area contributed by atoms with E-state index in [0.29, 0.717) is 17.3 Å². The van der Waals surface area contributed by atoms with Crippen LogP contribution >= 0.6 is 0 Å². The van der Waals surface area contributed by atoms with Gasteiger partial charge >= 0.3 is 5.97 Å². The van der Waals surface area contributed by atoms with Crippen LogP contribution in [-0.4, -0.2) is 13.1 Å². The van der Waals surface area contributed by atoms with Gasteiger partial charge in [-0.15, -0.1) is 0 Å². The van der Waals surface area contributed by atoms with Gasteiger partial charge in [-0.3, -0.25) is 4.79 Å². The number of hydrogen-bond donors (Lipinski definition) is 0. The van der Waals surface area contributed by atoms with Crippen molar-refractivity contribution < 1.29 is 9.53 Å². The van der Waals surface area contributed by atoms with Gasteiger partial charge in [-0.2, -0.15) is 0 Å². The molecule has 2 aliphatic rings. The van der Waals surface area contributed by atoms with E-state index in [0.717, 1.165) is 18.3 Å². The Hall–Kier alpha value is -0.530. The van der Waals surface area contributed by atoms with Gasteiger partial charge < -0.3 is 4.74 Å². The molecule has 2 saturated carbocycles. The lowest BCUT2D eigenvalue weighted by atomic mass is 9.66. The number of carbonyl (C=O) groups excluding carboxylic acids is 1. The highest BCUT2D eigenvalue weighted by Crippen LogP contribution is 2.68. The van der Waals surface area contributed by atoms with E-state index in [1.807, 2.05) is 0 Å². The van der Waals surface area contributed by atoms with E-state index in [2.05, 4.69) is 20.8 Å². The van der Waals surface area contributed by atoms with Gasteiger partial charge in [0.2, 0.25) is 0 Å². The maximum atomic E-state index is 11.2. The number of ether oxygens (including phenoxy) is 1. The van der Waals surface area contributed by atoms with Crippen molar-refractivity contribution in [2.45, 2.75) is 52.9 Å². The zero-order chi connectivity index (χ0) is 12.0. The molecule has 0 amide bonds. The maximum Gasteiger partial charge on any atom is 0.305 e. The number of esters is 1. The monoisotopic (exact) mass is 224 g/mol. The predicted molar refractivity (Wildman–Crippen MR) is 64.0 cm³/mol. The van der Waals surface area contributed by atoms with Gasteiger partial charge in [0.25, 0.3) is 0 Å². The van der Waals surface area contributed by atoms with Crippen molar-refractivity contribution in [1.29, 1.82) is 0 Å². The highest BCUT2D eigenvalue weighted by atomic mass is 16.5. The summed E-state index contributed by atoms with van der Waals surface area (Å²) in [4.78, 5) is 11.2. The molecular weight excluding hydrogens is 200 g/mol. The van der Waals surface area contributed by atoms with Gasteiger partial charge in [0.15, 0.2) is 0 Å². The lowest BCUT2D eigenvalue weighted by molar-refractivity contribution is -0.141. The number of hydrogen-bond acceptors (Lipinski definition) is 2. The summed E-state index contributed by atoms with van der Waals surface area (Å²) in [6.07, 6.45) is 5.66. The molecule has 3 atom stereocenters. The zero-order valence-corrected chi connectivity index (χ0v) is 11.0. The molecule has 0 aromatic rings. The lowest BCUT2D eigenvalue weighted by Crippen LogP contribution is -2.32. The zero-order valence-electron chi connectivity index (χ0n) is 11.0. The van der Waals surface area contributed by atoms with Gasteiger partial charge in [-0.05, 0) is 48.3 Å². The van der Waals surface area contributed by atoms with E-state index in [-0.39, 0.29) is 5.97 Å². The molecule has 0 spiro atoms. The van der Waals surface area contributed by atoms with Gasteiger partial charge in [-0.25, -0.2) is 0 Å². The van der Waals surface area contributed by atoms with E-state index in [9.17, 15) is 4.79 Å². The third kappa shape index (κ3) is 1.49. The second kappa shape index (κ2) is 3.75. The first kappa shape index (κ1) is 11.9. The van der Waals surface area contributed by atoms with Crippen molar-refractivity contribution in [3.63, 3.8) is 0 Å². The molecule has 92 valence electrons. The Bertz CT molecular complexity index is 295. The molecule has 2 heteroatoms. The first-order chi connectivity index (χ1) is 7.41. The van der Waals surface area contributed by atoms with Crippen LogP contribution in [0.1, 0.15) is 52.9 Å². The van der Waals surface area contributed by atoms with Crippen LogP contribution in [0.4, 0.5) is 0 Å². The highest BCUT2D eigenvalue weighted by molar-refractivity contribution is 5.69. The smallest absolute Gasteiger partial charge is 0.305 e. The fraction of sp³-hybridized carbons (Fsp3) is 0.929. The Labute approximate surface area is 98.7 Å². The summed E-state index contributed by atoms with van der Waals surface area (Å²) < 4.78 is 4.74. The highest BCUT2D eigenvalue weighted by Gasteiger charge is 2.60. The van der Waals surface area contributed by atoms with Crippen molar-refractivity contribution in [2.75, 3.05) is 7.11 Å². The first-order valence-corrected chi connectivity index (χ1v) is 6.48. The van der Waals surface area contributed by atoms with E-state index in [1.54, 1.807) is 0 Å². The van der Waals surface area contributed by atoms with Crippen molar-refractivity contribution >= 4 is 5.97 Å². The topological polar surface area (TPSA) is 26.3 Å². The van der Waals surface area contributed by atoms with Crippen LogP contribution < -0.4 is 0 Å². The maximum absolute atomic E-state index is 11.2. The second-order valence-corrected chi connectivity index (χ2v) is 6.42. The molecule has 0 aliphatic heterocycles. The number of carbonyl (C=O) groups is 1. The lowest BCUT2D eigenvalue weighted by Gasteiger charge is -2.39. The van der Waals surface area contributed by atoms with Crippen molar-refractivity contribution in [2.24, 2.45) is 22.7 Å². The molecule has 0 aromatic heterocycles. The molecule has 2 aliphatic carbocycles. The van der Waals surface area contributed by atoms with Crippen LogP contribution in [0.15, 0.2) is 0 Å². The molecule has 2 nitrogen and oxygen atoms in total. The summed E-state index contributed by atoms with van der Waals surface area (Å²) in [7, 11) is 1.48. The second-order valence-electron chi connectivity index (χ2n) is 6.42. The van der Waals surface area contributed by atoms with Gasteiger partial charge in [-0.1, -0.05) is 20.8 Å². The fourth-order valence-corrected chi connectivity index (χ4v) is 4.20. The Morgan fingerprint density at radius 2 is 2.06 bits per heavy atom. The van der Waals surface area contributed by atoms with Crippen LogP contribution in [0.5, 0.6) is 0 Å². The van der Waals surface area contributed by atoms with Crippen molar-refractivity contribution in [1.82, 2.24) is 0 Å². The Balaban J connectivity index is 2.02. The summed E-state index contributed by atoms with van der Waals surface area (Å²) >= 11 is 0. The van der Waals surface area contributed by atoms with E-state index >= 15 is 0 Å². The average molecular weight is 224 g/mol. The minimum Gasteiger partial charge on any atom is -0.469 e. The molecule has 0 aromatic carbocycles. The molecule has 3 unspecified atom stereocenters. The summed E-state index contributed by atoms with van der Waals surface area (Å²) in [5, 5.41) is 0. The number of methoxy groups -OCH3 is 1. The Morgan fingerprint density at radius 1 is 1.38 bits per heavy atom. The standard InChI is InChI=1S/C14H24O2/c1-13(2)10-7-8-14(13,3)11(9-10)5-6-12(15)16-4/h10-11H,5-9H2,1-4H3. The van der Waals surface area contributed by atoms with Gasteiger partial charge in [0.05, 0.1) is 7.11 Å². The summed E-state index contributed by atoms with van der Waals surface area (Å²) in [6.45, 7) is 7.27. The molecule has 0 N–H and O–H groups in total. The normalized spacial score (nSPS) is 40.0. The molecule has 0 radical (unpaired) electrons. The van der Waals surface area contributed by atoms with Crippen molar-refractivity contribution in [3.05, 3.63) is 0 Å². The summed E-state index contributed by atoms with van der Waals surface area (Å²) in [5.74, 6) is 1.55. The third-order valence-corrected chi connectivity index (χ3v) is 5.90. The fourth-order valence-electron chi connectivity index (χ4n) is 4.20. The molecule has 2 rings (SSSR count). The van der Waals surface area contributed by atoms with Crippen LogP contribution in [0.2, 0.25) is 0 Å². The van der Waals surface area contributed by atoms with E-state index in [4.69, 9.17) is 4.74 Å². The largest absolute Gasteiger partial charge is 0.469 e. The van der Waals surface area contributed by atoms with Gasteiger partial charge in [0, 0.05) is 6.42 Å². The van der Waals surface area contributed by atoms with Crippen LogP contribution in [-0.2, 0) is 9.53 Å². The average Bonchev–Trinajstić information content (AvgIpc) is 2.58. The number of rotatable bonds is 3. The Morgan fingerprint density at radius 3 is 2.50 bits per heavy atom. The summed E-state index contributed by atoms with van der Waals surface area (Å²) in [5.41, 5.74) is 0.916. The van der Waals surface area contributed by atoms with E-state index in [1.165, 1.54) is 26.4 Å². The molecule has 2 fully saturated rings. The minimum atomic E-state index is -0.0517. The number of fused-ring (bicyclic) bond motifs is 2. The first-order valence-electron chi connectivity index (χ1n) is 6.48. The summed E-state index contributed by atoms with van der Waals surface area (Å²) in [6, 6.07) is 0. The quantitative estimate of drug-likeness (QED) is 0.687.